The van der Waals surface area contributed by atoms with Crippen LogP contribution in [0, 0.1) is 0 Å². The molecule has 1 aromatic carbocycles. The third kappa shape index (κ3) is 2.93. The molecule has 5 nitrogen and oxygen atoms in total. The monoisotopic (exact) mass is 210 g/mol. The molecule has 15 heavy (non-hydrogen) atoms. The van der Waals surface area contributed by atoms with Crippen molar-refractivity contribution >= 4 is 11.6 Å². The van der Waals surface area contributed by atoms with Crippen molar-refractivity contribution in [1.82, 2.24) is 5.48 Å². The predicted octanol–water partition coefficient (Wildman–Crippen LogP) is 1.13. The smallest absolute Gasteiger partial charge is 0.221 e. The summed E-state index contributed by atoms with van der Waals surface area (Å²) < 4.78 is 5.11. The van der Waals surface area contributed by atoms with Gasteiger partial charge in [-0.2, -0.15) is 0 Å². The van der Waals surface area contributed by atoms with E-state index in [1.165, 1.54) is 14.0 Å². The number of hydrogen-bond donors (Lipinski definition) is 3. The Morgan fingerprint density at radius 2 is 2.27 bits per heavy atom. The summed E-state index contributed by atoms with van der Waals surface area (Å²) >= 11 is 0. The number of nitrogens with one attached hydrogen (secondary N) is 2. The number of ether oxygens (including phenoxy) is 1. The Morgan fingerprint density at radius 1 is 1.53 bits per heavy atom. The number of benzene rings is 1. The lowest BCUT2D eigenvalue weighted by Gasteiger charge is -2.13. The molecule has 0 heterocycles. The van der Waals surface area contributed by atoms with Gasteiger partial charge >= 0.3 is 0 Å². The highest BCUT2D eigenvalue weighted by Gasteiger charge is 2.09. The zero-order valence-electron chi connectivity index (χ0n) is 8.70. The first kappa shape index (κ1) is 11.5. The lowest BCUT2D eigenvalue weighted by molar-refractivity contribution is -0.114. The molecular weight excluding hydrogens is 196 g/mol. The summed E-state index contributed by atoms with van der Waals surface area (Å²) in [7, 11) is 1.52. The Labute approximate surface area is 88.0 Å². The van der Waals surface area contributed by atoms with Gasteiger partial charge in [0.1, 0.15) is 5.75 Å². The molecule has 5 heteroatoms. The molecule has 0 spiro atoms. The number of para-hydroxylation sites is 1. The number of carbonyl (C=O) groups excluding carboxylic acids is 1. The lowest BCUT2D eigenvalue weighted by Crippen LogP contribution is -2.13. The van der Waals surface area contributed by atoms with Crippen molar-refractivity contribution in [3.8, 4) is 5.75 Å². The fourth-order valence-electron chi connectivity index (χ4n) is 1.30. The lowest BCUT2D eigenvalue weighted by atomic mass is 10.1. The predicted molar refractivity (Wildman–Crippen MR) is 55.9 cm³/mol. The molecule has 0 aliphatic rings. The Balaban J connectivity index is 3.08. The molecule has 0 unspecified atom stereocenters. The minimum Gasteiger partial charge on any atom is -0.495 e. The number of hydroxylamine groups is 1. The van der Waals surface area contributed by atoms with Crippen LogP contribution in [0.15, 0.2) is 18.2 Å². The van der Waals surface area contributed by atoms with Crippen molar-refractivity contribution in [3.63, 3.8) is 0 Å². The maximum atomic E-state index is 11.0. The Bertz CT molecular complexity index is 353. The Morgan fingerprint density at radius 3 is 2.80 bits per heavy atom. The highest BCUT2D eigenvalue weighted by Crippen LogP contribution is 2.28. The molecule has 0 aromatic heterocycles. The summed E-state index contributed by atoms with van der Waals surface area (Å²) in [5.74, 6) is 0.386. The molecule has 3 N–H and O–H groups in total. The first-order valence-corrected chi connectivity index (χ1v) is 4.49. The normalized spacial score (nSPS) is 9.80. The Hall–Kier alpha value is -1.59. The van der Waals surface area contributed by atoms with E-state index in [2.05, 4.69) is 5.32 Å². The second-order valence-corrected chi connectivity index (χ2v) is 3.01. The van der Waals surface area contributed by atoms with Crippen LogP contribution in [0.4, 0.5) is 5.69 Å². The van der Waals surface area contributed by atoms with Crippen molar-refractivity contribution in [2.24, 2.45) is 0 Å². The van der Waals surface area contributed by atoms with E-state index in [0.717, 1.165) is 5.56 Å². The van der Waals surface area contributed by atoms with E-state index in [-0.39, 0.29) is 12.5 Å². The van der Waals surface area contributed by atoms with E-state index in [9.17, 15) is 4.79 Å². The molecule has 0 bridgehead atoms. The molecule has 0 fully saturated rings. The summed E-state index contributed by atoms with van der Waals surface area (Å²) in [6.45, 7) is 1.66. The van der Waals surface area contributed by atoms with Crippen molar-refractivity contribution in [3.05, 3.63) is 23.8 Å². The van der Waals surface area contributed by atoms with Gasteiger partial charge in [-0.15, -0.1) is 0 Å². The standard InChI is InChI=1S/C10H14N2O3/c1-7(13)12-10-8(6-11-14)4-3-5-9(10)15-2/h3-5,11,14H,6H2,1-2H3,(H,12,13). The van der Waals surface area contributed by atoms with Gasteiger partial charge in [0.05, 0.1) is 12.8 Å². The molecule has 1 aromatic rings. The molecule has 0 radical (unpaired) electrons. The summed E-state index contributed by atoms with van der Waals surface area (Å²) in [6, 6.07) is 5.32. The summed E-state index contributed by atoms with van der Waals surface area (Å²) in [4.78, 5) is 11.0. The molecular formula is C10H14N2O3. The van der Waals surface area contributed by atoms with Gasteiger partial charge < -0.3 is 15.3 Å². The van der Waals surface area contributed by atoms with E-state index < -0.39 is 0 Å². The summed E-state index contributed by atoms with van der Waals surface area (Å²) in [5, 5.41) is 11.3. The number of carbonyl (C=O) groups is 1. The van der Waals surface area contributed by atoms with E-state index >= 15 is 0 Å². The number of hydrogen-bond acceptors (Lipinski definition) is 4. The van der Waals surface area contributed by atoms with E-state index in [1.54, 1.807) is 18.2 Å². The van der Waals surface area contributed by atoms with E-state index in [1.807, 2.05) is 5.48 Å². The van der Waals surface area contributed by atoms with Crippen LogP contribution in [0.5, 0.6) is 5.75 Å². The van der Waals surface area contributed by atoms with Gasteiger partial charge in [0, 0.05) is 13.5 Å². The molecule has 0 saturated heterocycles. The number of methoxy groups -OCH3 is 1. The Kier molecular flexibility index (Phi) is 4.08. The van der Waals surface area contributed by atoms with Crippen molar-refractivity contribution < 1.29 is 14.7 Å². The highest BCUT2D eigenvalue weighted by molar-refractivity contribution is 5.91. The second-order valence-electron chi connectivity index (χ2n) is 3.01. The van der Waals surface area contributed by atoms with Crippen LogP contribution < -0.4 is 15.5 Å². The van der Waals surface area contributed by atoms with Gasteiger partial charge in [-0.25, -0.2) is 5.48 Å². The minimum absolute atomic E-state index is 0.182. The van der Waals surface area contributed by atoms with Gasteiger partial charge in [-0.3, -0.25) is 4.79 Å². The first-order valence-electron chi connectivity index (χ1n) is 4.49. The minimum atomic E-state index is -0.182. The number of rotatable bonds is 4. The average Bonchev–Trinajstić information content (AvgIpc) is 2.20. The van der Waals surface area contributed by atoms with E-state index in [4.69, 9.17) is 9.94 Å². The molecule has 0 atom stereocenters. The topological polar surface area (TPSA) is 70.6 Å². The van der Waals surface area contributed by atoms with Gasteiger partial charge in [0.2, 0.25) is 5.91 Å². The maximum Gasteiger partial charge on any atom is 0.221 e. The largest absolute Gasteiger partial charge is 0.495 e. The van der Waals surface area contributed by atoms with Gasteiger partial charge in [-0.1, -0.05) is 12.1 Å². The molecule has 0 aliphatic carbocycles. The third-order valence-electron chi connectivity index (χ3n) is 1.90. The van der Waals surface area contributed by atoms with Crippen LogP contribution in [0.3, 0.4) is 0 Å². The van der Waals surface area contributed by atoms with E-state index in [0.29, 0.717) is 11.4 Å². The quantitative estimate of drug-likeness (QED) is 0.651. The van der Waals surface area contributed by atoms with Crippen molar-refractivity contribution in [1.29, 1.82) is 0 Å². The first-order chi connectivity index (χ1) is 7.19. The molecule has 1 rings (SSSR count). The molecule has 0 aliphatic heterocycles. The number of anilines is 1. The number of amides is 1. The van der Waals surface area contributed by atoms with Crippen LogP contribution >= 0.6 is 0 Å². The fraction of sp³-hybridized carbons (Fsp3) is 0.300. The fourth-order valence-corrected chi connectivity index (χ4v) is 1.30. The molecule has 82 valence electrons. The SMILES string of the molecule is COc1cccc(CNO)c1NC(C)=O. The van der Waals surface area contributed by atoms with Crippen LogP contribution in [0.2, 0.25) is 0 Å². The zero-order chi connectivity index (χ0) is 11.3. The summed E-state index contributed by atoms with van der Waals surface area (Å²) in [6.07, 6.45) is 0. The summed E-state index contributed by atoms with van der Waals surface area (Å²) in [5.41, 5.74) is 3.38. The second kappa shape index (κ2) is 5.33. The molecule has 0 saturated carbocycles. The molecule has 1 amide bonds. The van der Waals surface area contributed by atoms with Gasteiger partial charge in [0.15, 0.2) is 0 Å². The zero-order valence-corrected chi connectivity index (χ0v) is 8.70. The third-order valence-corrected chi connectivity index (χ3v) is 1.90. The average molecular weight is 210 g/mol. The maximum absolute atomic E-state index is 11.0. The van der Waals surface area contributed by atoms with Crippen LogP contribution in [0.1, 0.15) is 12.5 Å². The van der Waals surface area contributed by atoms with Crippen molar-refractivity contribution in [2.45, 2.75) is 13.5 Å². The van der Waals surface area contributed by atoms with Crippen LogP contribution in [-0.4, -0.2) is 18.2 Å². The van der Waals surface area contributed by atoms with Crippen LogP contribution in [-0.2, 0) is 11.3 Å². The van der Waals surface area contributed by atoms with Gasteiger partial charge in [-0.05, 0) is 11.6 Å². The highest BCUT2D eigenvalue weighted by atomic mass is 16.5. The van der Waals surface area contributed by atoms with Gasteiger partial charge in [0.25, 0.3) is 0 Å². The van der Waals surface area contributed by atoms with Crippen molar-refractivity contribution in [2.75, 3.05) is 12.4 Å². The van der Waals surface area contributed by atoms with Crippen LogP contribution in [0.25, 0.3) is 0 Å².